The minimum Gasteiger partial charge on any atom is -0.317 e. The number of rotatable bonds is 4. The summed E-state index contributed by atoms with van der Waals surface area (Å²) in [6, 6.07) is 5.38. The fourth-order valence-corrected chi connectivity index (χ4v) is 3.25. The van der Waals surface area contributed by atoms with Gasteiger partial charge in [-0.25, -0.2) is 9.97 Å². The highest BCUT2D eigenvalue weighted by Gasteiger charge is 2.23. The molecule has 26 heavy (non-hydrogen) atoms. The molecule has 0 aliphatic carbocycles. The molecule has 0 N–H and O–H groups in total. The number of imidazole rings is 1. The molecule has 0 saturated heterocycles. The third kappa shape index (κ3) is 3.11. The Labute approximate surface area is 159 Å². The quantitative estimate of drug-likeness (QED) is 0.675. The molecule has 130 valence electrons. The summed E-state index contributed by atoms with van der Waals surface area (Å²) < 4.78 is 2.01. The van der Waals surface area contributed by atoms with Gasteiger partial charge in [0.15, 0.2) is 5.82 Å². The summed E-state index contributed by atoms with van der Waals surface area (Å²) in [5, 5.41) is 13.1. The van der Waals surface area contributed by atoms with E-state index >= 15 is 0 Å². The normalized spacial score (nSPS) is 13.3. The summed E-state index contributed by atoms with van der Waals surface area (Å²) in [5.41, 5.74) is 3.95. The minimum atomic E-state index is 0.412. The summed E-state index contributed by atoms with van der Waals surface area (Å²) in [4.78, 5) is 13.2. The van der Waals surface area contributed by atoms with Crippen LogP contribution in [0.4, 0.5) is 0 Å². The van der Waals surface area contributed by atoms with E-state index in [1.54, 1.807) is 30.7 Å². The molecular formula is C17H13Cl2N7. The number of aryl methyl sites for hydroxylation is 1. The van der Waals surface area contributed by atoms with Gasteiger partial charge in [-0.15, -0.1) is 5.10 Å². The predicted molar refractivity (Wildman–Crippen MR) is 99.8 cm³/mol. The molecule has 2 aromatic heterocycles. The van der Waals surface area contributed by atoms with Gasteiger partial charge in [0.1, 0.15) is 18.0 Å². The molecule has 1 aliphatic heterocycles. The van der Waals surface area contributed by atoms with Crippen molar-refractivity contribution in [3.8, 4) is 11.5 Å². The van der Waals surface area contributed by atoms with E-state index in [0.29, 0.717) is 34.7 Å². The highest BCUT2D eigenvalue weighted by molar-refractivity contribution is 6.33. The van der Waals surface area contributed by atoms with Crippen molar-refractivity contribution in [3.63, 3.8) is 0 Å². The molecule has 0 amide bonds. The molecule has 3 heterocycles. The summed E-state index contributed by atoms with van der Waals surface area (Å²) in [6.07, 6.45) is 4.93. The lowest BCUT2D eigenvalue weighted by Gasteiger charge is -2.13. The van der Waals surface area contributed by atoms with Crippen molar-refractivity contribution in [1.29, 1.82) is 0 Å². The Hall–Kier alpha value is -2.64. The maximum atomic E-state index is 6.38. The van der Waals surface area contributed by atoms with Crippen LogP contribution in [0.25, 0.3) is 11.5 Å². The van der Waals surface area contributed by atoms with Crippen LogP contribution >= 0.6 is 23.2 Å². The van der Waals surface area contributed by atoms with Crippen molar-refractivity contribution in [3.05, 3.63) is 63.8 Å². The first-order valence-electron chi connectivity index (χ1n) is 7.84. The Bertz CT molecular complexity index is 1030. The third-order valence-corrected chi connectivity index (χ3v) is 4.60. The number of halogens is 2. The first-order chi connectivity index (χ1) is 12.6. The van der Waals surface area contributed by atoms with Crippen molar-refractivity contribution < 1.29 is 0 Å². The third-order valence-electron chi connectivity index (χ3n) is 3.99. The smallest absolute Gasteiger partial charge is 0.161 e. The number of benzene rings is 1. The van der Waals surface area contributed by atoms with Crippen LogP contribution in [0.15, 0.2) is 52.2 Å². The molecule has 1 aromatic carbocycles. The first kappa shape index (κ1) is 16.8. The Balaban J connectivity index is 1.88. The van der Waals surface area contributed by atoms with Gasteiger partial charge >= 0.3 is 0 Å². The molecule has 0 fully saturated rings. The zero-order valence-corrected chi connectivity index (χ0v) is 15.3. The molecule has 9 heteroatoms. The van der Waals surface area contributed by atoms with Crippen LogP contribution in [0.3, 0.4) is 0 Å². The van der Waals surface area contributed by atoms with Gasteiger partial charge in [-0.1, -0.05) is 23.2 Å². The van der Waals surface area contributed by atoms with Crippen molar-refractivity contribution in [2.75, 3.05) is 6.54 Å². The summed E-state index contributed by atoms with van der Waals surface area (Å²) >= 11 is 12.5. The number of hydrogen-bond donors (Lipinski definition) is 0. The van der Waals surface area contributed by atoms with E-state index in [-0.39, 0.29) is 0 Å². The lowest BCUT2D eigenvalue weighted by molar-refractivity contribution is 0.793. The van der Waals surface area contributed by atoms with Gasteiger partial charge in [-0.2, -0.15) is 5.11 Å². The highest BCUT2D eigenvalue weighted by Crippen LogP contribution is 2.27. The lowest BCUT2D eigenvalue weighted by Crippen LogP contribution is -2.14. The number of aromatic nitrogens is 4. The van der Waals surface area contributed by atoms with Crippen molar-refractivity contribution in [2.45, 2.75) is 13.5 Å². The monoisotopic (exact) mass is 385 g/mol. The maximum absolute atomic E-state index is 6.38. The van der Waals surface area contributed by atoms with E-state index in [1.807, 2.05) is 17.6 Å². The predicted octanol–water partition coefficient (Wildman–Crippen LogP) is 4.17. The van der Waals surface area contributed by atoms with Gasteiger partial charge in [-0.3, -0.25) is 4.98 Å². The highest BCUT2D eigenvalue weighted by atomic mass is 35.5. The average Bonchev–Trinajstić information content (AvgIpc) is 3.27. The van der Waals surface area contributed by atoms with Gasteiger partial charge in [0.2, 0.25) is 0 Å². The van der Waals surface area contributed by atoms with Crippen LogP contribution < -0.4 is 0 Å². The van der Waals surface area contributed by atoms with Crippen LogP contribution in [-0.4, -0.2) is 31.8 Å². The molecule has 0 saturated carbocycles. The second kappa shape index (κ2) is 6.93. The second-order valence-electron chi connectivity index (χ2n) is 5.72. The van der Waals surface area contributed by atoms with Gasteiger partial charge in [-0.05, 0) is 35.9 Å². The number of nitrogens with zero attached hydrogens (tertiary/aromatic N) is 7. The topological polar surface area (TPSA) is 80.7 Å². The molecular weight excluding hydrogens is 373 g/mol. The zero-order chi connectivity index (χ0) is 18.1. The molecule has 3 aromatic rings. The van der Waals surface area contributed by atoms with Gasteiger partial charge in [0, 0.05) is 22.4 Å². The van der Waals surface area contributed by atoms with Crippen LogP contribution in [0.1, 0.15) is 17.0 Å². The SMILES string of the molecule is Cc1nc(-c2cnccn2)n(Cc2cc(Cl)ccc2Cl)c1C1=NN=NC1. The van der Waals surface area contributed by atoms with Crippen LogP contribution in [-0.2, 0) is 6.54 Å². The fraction of sp³-hybridized carbons (Fsp3) is 0.176. The first-order valence-corrected chi connectivity index (χ1v) is 8.60. The van der Waals surface area contributed by atoms with E-state index in [1.165, 1.54) is 0 Å². The molecule has 0 spiro atoms. The molecule has 0 radical (unpaired) electrons. The van der Waals surface area contributed by atoms with E-state index in [0.717, 1.165) is 22.7 Å². The van der Waals surface area contributed by atoms with Gasteiger partial charge < -0.3 is 4.57 Å². The number of hydrogen-bond acceptors (Lipinski definition) is 6. The Kier molecular flexibility index (Phi) is 4.48. The van der Waals surface area contributed by atoms with Crippen molar-refractivity contribution in [1.82, 2.24) is 19.5 Å². The van der Waals surface area contributed by atoms with E-state index in [9.17, 15) is 0 Å². The maximum Gasteiger partial charge on any atom is 0.161 e. The van der Waals surface area contributed by atoms with Crippen molar-refractivity contribution in [2.24, 2.45) is 15.4 Å². The average molecular weight is 386 g/mol. The van der Waals surface area contributed by atoms with E-state index in [4.69, 9.17) is 28.2 Å². The standard InChI is InChI=1S/C17H13Cl2N7/c1-10-16(14-8-22-25-24-14)26(9-11-6-12(18)2-3-13(11)19)17(23-10)15-7-20-4-5-21-15/h2-7H,8-9H2,1H3. The molecule has 1 aliphatic rings. The molecule has 7 nitrogen and oxygen atoms in total. The lowest BCUT2D eigenvalue weighted by atomic mass is 10.2. The second-order valence-corrected chi connectivity index (χ2v) is 6.56. The van der Waals surface area contributed by atoms with E-state index < -0.39 is 0 Å². The largest absolute Gasteiger partial charge is 0.317 e. The zero-order valence-electron chi connectivity index (χ0n) is 13.8. The van der Waals surface area contributed by atoms with Crippen LogP contribution in [0, 0.1) is 6.92 Å². The molecule has 4 rings (SSSR count). The Morgan fingerprint density at radius 1 is 1.19 bits per heavy atom. The van der Waals surface area contributed by atoms with Crippen LogP contribution in [0.5, 0.6) is 0 Å². The van der Waals surface area contributed by atoms with Gasteiger partial charge in [0.05, 0.1) is 24.1 Å². The molecule has 0 unspecified atom stereocenters. The van der Waals surface area contributed by atoms with E-state index in [2.05, 4.69) is 25.4 Å². The minimum absolute atomic E-state index is 0.412. The van der Waals surface area contributed by atoms with Gasteiger partial charge in [0.25, 0.3) is 0 Å². The van der Waals surface area contributed by atoms with Crippen LogP contribution in [0.2, 0.25) is 10.0 Å². The summed E-state index contributed by atoms with van der Waals surface area (Å²) in [7, 11) is 0. The fourth-order valence-electron chi connectivity index (χ4n) is 2.87. The van der Waals surface area contributed by atoms with Crippen molar-refractivity contribution >= 4 is 28.9 Å². The Morgan fingerprint density at radius 3 is 2.81 bits per heavy atom. The Morgan fingerprint density at radius 2 is 2.08 bits per heavy atom. The summed E-state index contributed by atoms with van der Waals surface area (Å²) in [5.74, 6) is 0.677. The summed E-state index contributed by atoms with van der Waals surface area (Å²) in [6.45, 7) is 2.79. The molecule has 0 atom stereocenters. The molecule has 0 bridgehead atoms.